The molecule has 0 aliphatic rings. The van der Waals surface area contributed by atoms with Crippen molar-refractivity contribution in [1.29, 1.82) is 0 Å². The van der Waals surface area contributed by atoms with Crippen molar-refractivity contribution in [3.8, 4) is 11.5 Å². The van der Waals surface area contributed by atoms with Gasteiger partial charge in [-0.2, -0.15) is 0 Å². The van der Waals surface area contributed by atoms with Crippen LogP contribution in [0.3, 0.4) is 0 Å². The lowest BCUT2D eigenvalue weighted by Crippen LogP contribution is -2.30. The number of amides is 1. The van der Waals surface area contributed by atoms with E-state index in [1.807, 2.05) is 49.4 Å². The first-order valence-corrected chi connectivity index (χ1v) is 9.90. The molecule has 0 radical (unpaired) electrons. The monoisotopic (exact) mass is 419 g/mol. The molecule has 3 rings (SSSR count). The molecule has 3 aromatic rings. The lowest BCUT2D eigenvalue weighted by Gasteiger charge is -2.17. The fourth-order valence-electron chi connectivity index (χ4n) is 2.95. The van der Waals surface area contributed by atoms with Crippen LogP contribution in [0.5, 0.6) is 11.5 Å². The minimum absolute atomic E-state index is 0.205. The fourth-order valence-corrected chi connectivity index (χ4v) is 2.95. The fraction of sp³-hybridized carbons (Fsp3) is 0.200. The van der Waals surface area contributed by atoms with E-state index >= 15 is 0 Å². The van der Waals surface area contributed by atoms with Crippen LogP contribution in [-0.2, 0) is 16.1 Å². The summed E-state index contributed by atoms with van der Waals surface area (Å²) in [6.07, 6.45) is -0.999. The number of methoxy groups -OCH3 is 1. The third-order valence-corrected chi connectivity index (χ3v) is 4.64. The van der Waals surface area contributed by atoms with Crippen LogP contribution in [0.1, 0.15) is 28.4 Å². The Morgan fingerprint density at radius 2 is 1.68 bits per heavy atom. The number of aryl methyl sites for hydroxylation is 1. The standard InChI is InChI=1S/C25H25NO5/c1-17-13-14-23(29-3)22(15-17)26-24(27)18(2)31-25(28)21-12-8-7-9-19(21)16-30-20-10-5-4-6-11-20/h4-15,18H,16H2,1-3H3,(H,26,27)/t18-/m0/s1. The van der Waals surface area contributed by atoms with Crippen LogP contribution in [-0.4, -0.2) is 25.1 Å². The predicted octanol–water partition coefficient (Wildman–Crippen LogP) is 4.77. The Kier molecular flexibility index (Phi) is 7.27. The zero-order chi connectivity index (χ0) is 22.2. The number of nitrogens with one attached hydrogen (secondary N) is 1. The molecule has 0 fully saturated rings. The highest BCUT2D eigenvalue weighted by molar-refractivity contribution is 5.98. The largest absolute Gasteiger partial charge is 0.495 e. The van der Waals surface area contributed by atoms with Gasteiger partial charge in [-0.25, -0.2) is 4.79 Å². The summed E-state index contributed by atoms with van der Waals surface area (Å²) in [7, 11) is 1.53. The van der Waals surface area contributed by atoms with Crippen LogP contribution in [0.2, 0.25) is 0 Å². The van der Waals surface area contributed by atoms with Crippen LogP contribution < -0.4 is 14.8 Å². The van der Waals surface area contributed by atoms with Crippen LogP contribution in [0.15, 0.2) is 72.8 Å². The van der Waals surface area contributed by atoms with E-state index in [0.717, 1.165) is 5.56 Å². The highest BCUT2D eigenvalue weighted by Crippen LogP contribution is 2.25. The minimum Gasteiger partial charge on any atom is -0.495 e. The Balaban J connectivity index is 1.66. The van der Waals surface area contributed by atoms with Gasteiger partial charge in [-0.1, -0.05) is 42.5 Å². The Bertz CT molecular complexity index is 1050. The molecular weight excluding hydrogens is 394 g/mol. The van der Waals surface area contributed by atoms with Gasteiger partial charge >= 0.3 is 5.97 Å². The minimum atomic E-state index is -0.999. The second kappa shape index (κ2) is 10.3. The maximum absolute atomic E-state index is 12.7. The molecule has 0 unspecified atom stereocenters. The molecular formula is C25H25NO5. The number of hydrogen-bond acceptors (Lipinski definition) is 5. The van der Waals surface area contributed by atoms with Gasteiger partial charge < -0.3 is 19.5 Å². The van der Waals surface area contributed by atoms with Gasteiger partial charge in [-0.3, -0.25) is 4.79 Å². The topological polar surface area (TPSA) is 73.9 Å². The highest BCUT2D eigenvalue weighted by Gasteiger charge is 2.22. The number of rotatable bonds is 8. The summed E-state index contributed by atoms with van der Waals surface area (Å²) in [5.74, 6) is 0.188. The molecule has 0 aliphatic carbocycles. The van der Waals surface area contributed by atoms with Crippen molar-refractivity contribution < 1.29 is 23.8 Å². The van der Waals surface area contributed by atoms with E-state index < -0.39 is 18.0 Å². The number of para-hydroxylation sites is 1. The van der Waals surface area contributed by atoms with Crippen molar-refractivity contribution in [3.63, 3.8) is 0 Å². The van der Waals surface area contributed by atoms with Gasteiger partial charge in [0.15, 0.2) is 6.10 Å². The summed E-state index contributed by atoms with van der Waals surface area (Å²) in [4.78, 5) is 25.3. The quantitative estimate of drug-likeness (QED) is 0.533. The Labute approximate surface area is 181 Å². The van der Waals surface area contributed by atoms with E-state index in [1.54, 1.807) is 30.3 Å². The third kappa shape index (κ3) is 5.85. The van der Waals surface area contributed by atoms with Crippen molar-refractivity contribution in [1.82, 2.24) is 0 Å². The second-order valence-corrected chi connectivity index (χ2v) is 7.00. The molecule has 0 bridgehead atoms. The smallest absolute Gasteiger partial charge is 0.339 e. The first-order chi connectivity index (χ1) is 15.0. The molecule has 0 spiro atoms. The van der Waals surface area contributed by atoms with Gasteiger partial charge in [-0.05, 0) is 49.7 Å². The molecule has 0 saturated carbocycles. The number of carbonyl (C=O) groups is 2. The maximum atomic E-state index is 12.7. The van der Waals surface area contributed by atoms with E-state index in [-0.39, 0.29) is 6.61 Å². The molecule has 3 aromatic carbocycles. The number of hydrogen-bond donors (Lipinski definition) is 1. The molecule has 31 heavy (non-hydrogen) atoms. The average molecular weight is 419 g/mol. The number of anilines is 1. The molecule has 6 heteroatoms. The Morgan fingerprint density at radius 3 is 2.42 bits per heavy atom. The summed E-state index contributed by atoms with van der Waals surface area (Å²) in [6, 6.07) is 21.8. The van der Waals surface area contributed by atoms with Gasteiger partial charge in [0.1, 0.15) is 18.1 Å². The normalized spacial score (nSPS) is 11.3. The molecule has 1 atom stereocenters. The average Bonchev–Trinajstić information content (AvgIpc) is 2.78. The van der Waals surface area contributed by atoms with E-state index in [2.05, 4.69) is 5.32 Å². The molecule has 0 saturated heterocycles. The van der Waals surface area contributed by atoms with Crippen molar-refractivity contribution >= 4 is 17.6 Å². The van der Waals surface area contributed by atoms with Gasteiger partial charge in [0.25, 0.3) is 5.91 Å². The van der Waals surface area contributed by atoms with Crippen molar-refractivity contribution in [3.05, 3.63) is 89.5 Å². The van der Waals surface area contributed by atoms with Gasteiger partial charge in [0.05, 0.1) is 18.4 Å². The summed E-state index contributed by atoms with van der Waals surface area (Å²) in [5.41, 5.74) is 2.51. The van der Waals surface area contributed by atoms with Gasteiger partial charge in [-0.15, -0.1) is 0 Å². The zero-order valence-corrected chi connectivity index (χ0v) is 17.8. The van der Waals surface area contributed by atoms with E-state index in [0.29, 0.717) is 28.3 Å². The highest BCUT2D eigenvalue weighted by atomic mass is 16.5. The lowest BCUT2D eigenvalue weighted by atomic mass is 10.1. The molecule has 1 N–H and O–H groups in total. The van der Waals surface area contributed by atoms with Gasteiger partial charge in [0.2, 0.25) is 0 Å². The number of esters is 1. The second-order valence-electron chi connectivity index (χ2n) is 7.00. The maximum Gasteiger partial charge on any atom is 0.339 e. The van der Waals surface area contributed by atoms with E-state index in [9.17, 15) is 9.59 Å². The summed E-state index contributed by atoms with van der Waals surface area (Å²) in [6.45, 7) is 3.64. The summed E-state index contributed by atoms with van der Waals surface area (Å²) < 4.78 is 16.4. The lowest BCUT2D eigenvalue weighted by molar-refractivity contribution is -0.123. The SMILES string of the molecule is COc1ccc(C)cc1NC(=O)[C@H](C)OC(=O)c1ccccc1COc1ccccc1. The molecule has 160 valence electrons. The van der Waals surface area contributed by atoms with Crippen molar-refractivity contribution in [2.75, 3.05) is 12.4 Å². The van der Waals surface area contributed by atoms with E-state index in [1.165, 1.54) is 14.0 Å². The number of carbonyl (C=O) groups excluding carboxylic acids is 2. The first-order valence-electron chi connectivity index (χ1n) is 9.90. The Morgan fingerprint density at radius 1 is 0.968 bits per heavy atom. The molecule has 1 amide bonds. The zero-order valence-electron chi connectivity index (χ0n) is 17.8. The first kappa shape index (κ1) is 21.9. The molecule has 0 aliphatic heterocycles. The third-order valence-electron chi connectivity index (χ3n) is 4.64. The predicted molar refractivity (Wildman–Crippen MR) is 118 cm³/mol. The van der Waals surface area contributed by atoms with Crippen LogP contribution in [0, 0.1) is 6.92 Å². The summed E-state index contributed by atoms with van der Waals surface area (Å²) >= 11 is 0. The molecule has 0 aromatic heterocycles. The van der Waals surface area contributed by atoms with E-state index in [4.69, 9.17) is 14.2 Å². The van der Waals surface area contributed by atoms with Crippen molar-refractivity contribution in [2.24, 2.45) is 0 Å². The van der Waals surface area contributed by atoms with Crippen LogP contribution in [0.25, 0.3) is 0 Å². The van der Waals surface area contributed by atoms with Crippen molar-refractivity contribution in [2.45, 2.75) is 26.6 Å². The van der Waals surface area contributed by atoms with Crippen LogP contribution >= 0.6 is 0 Å². The molecule has 6 nitrogen and oxygen atoms in total. The number of ether oxygens (including phenoxy) is 3. The van der Waals surface area contributed by atoms with Crippen LogP contribution in [0.4, 0.5) is 5.69 Å². The molecule has 0 heterocycles. The number of benzene rings is 3. The Hall–Kier alpha value is -3.80. The summed E-state index contributed by atoms with van der Waals surface area (Å²) in [5, 5.41) is 2.75. The van der Waals surface area contributed by atoms with Gasteiger partial charge in [0, 0.05) is 5.56 Å².